The predicted octanol–water partition coefficient (Wildman–Crippen LogP) is 2.29. The number of nitrogens with zero attached hydrogens (tertiary/aromatic N) is 3. The number of aromatic nitrogens is 2. The molecule has 0 bridgehead atoms. The molecular weight excluding hydrogens is 283 g/mol. The van der Waals surface area contributed by atoms with Gasteiger partial charge in [0.2, 0.25) is 5.82 Å². The highest BCUT2D eigenvalue weighted by atomic mass is 19.4. The Labute approximate surface area is 122 Å². The zero-order chi connectivity index (χ0) is 15.5. The summed E-state index contributed by atoms with van der Waals surface area (Å²) in [5, 5.41) is 5.63. The molecule has 1 aromatic rings. The van der Waals surface area contributed by atoms with E-state index in [1.54, 1.807) is 0 Å². The molecule has 0 saturated carbocycles. The van der Waals surface area contributed by atoms with Gasteiger partial charge >= 0.3 is 6.18 Å². The Balaban J connectivity index is 2.02. The number of hydrogen-bond donors (Lipinski definition) is 2. The lowest BCUT2D eigenvalue weighted by atomic mass is 10.1. The zero-order valence-electron chi connectivity index (χ0n) is 12.2. The lowest BCUT2D eigenvalue weighted by molar-refractivity contribution is -0.144. The molecule has 21 heavy (non-hydrogen) atoms. The van der Waals surface area contributed by atoms with Gasteiger partial charge in [-0.2, -0.15) is 13.2 Å². The first-order valence-corrected chi connectivity index (χ1v) is 7.02. The molecule has 1 saturated heterocycles. The van der Waals surface area contributed by atoms with Crippen molar-refractivity contribution >= 4 is 11.6 Å². The predicted molar refractivity (Wildman–Crippen MR) is 75.3 cm³/mol. The number of halogens is 3. The van der Waals surface area contributed by atoms with Gasteiger partial charge in [0.25, 0.3) is 0 Å². The van der Waals surface area contributed by atoms with Gasteiger partial charge in [-0.15, -0.1) is 0 Å². The standard InChI is InChI=1S/C13H20F3N5/c1-3-21-5-4-9(8-21)7-18-11-6-10(17-2)19-12(20-11)13(14,15)16/h6,9H,3-5,7-8H2,1-2H3,(H2,17,18,19,20). The van der Waals surface area contributed by atoms with E-state index in [0.717, 1.165) is 26.1 Å². The van der Waals surface area contributed by atoms with Gasteiger partial charge in [-0.05, 0) is 25.4 Å². The van der Waals surface area contributed by atoms with Crippen molar-refractivity contribution in [2.75, 3.05) is 43.9 Å². The molecule has 2 N–H and O–H groups in total. The molecule has 1 fully saturated rings. The second-order valence-electron chi connectivity index (χ2n) is 5.14. The van der Waals surface area contributed by atoms with E-state index in [1.807, 2.05) is 0 Å². The third-order valence-electron chi connectivity index (χ3n) is 3.62. The van der Waals surface area contributed by atoms with Crippen LogP contribution in [0.1, 0.15) is 19.2 Å². The lowest BCUT2D eigenvalue weighted by Crippen LogP contribution is -2.23. The van der Waals surface area contributed by atoms with Crippen LogP contribution in [0.3, 0.4) is 0 Å². The first-order chi connectivity index (χ1) is 9.92. The molecule has 2 rings (SSSR count). The summed E-state index contributed by atoms with van der Waals surface area (Å²) in [4.78, 5) is 9.31. The molecule has 2 heterocycles. The van der Waals surface area contributed by atoms with Crippen molar-refractivity contribution in [1.29, 1.82) is 0 Å². The van der Waals surface area contributed by atoms with Crippen molar-refractivity contribution in [3.8, 4) is 0 Å². The molecule has 1 aliphatic rings. The summed E-state index contributed by atoms with van der Waals surface area (Å²) in [6.07, 6.45) is -3.49. The van der Waals surface area contributed by atoms with Crippen molar-refractivity contribution in [3.63, 3.8) is 0 Å². The zero-order valence-corrected chi connectivity index (χ0v) is 12.2. The maximum absolute atomic E-state index is 12.7. The van der Waals surface area contributed by atoms with Crippen molar-refractivity contribution in [2.24, 2.45) is 5.92 Å². The lowest BCUT2D eigenvalue weighted by Gasteiger charge is -2.15. The molecular formula is C13H20F3N5. The Morgan fingerprint density at radius 3 is 2.62 bits per heavy atom. The molecule has 0 radical (unpaired) electrons. The Kier molecular flexibility index (Phi) is 4.87. The summed E-state index contributed by atoms with van der Waals surface area (Å²) in [6.45, 7) is 5.75. The summed E-state index contributed by atoms with van der Waals surface area (Å²) in [6, 6.07) is 1.49. The van der Waals surface area contributed by atoms with Gasteiger partial charge in [-0.25, -0.2) is 9.97 Å². The molecule has 118 valence electrons. The van der Waals surface area contributed by atoms with Crippen molar-refractivity contribution in [2.45, 2.75) is 19.5 Å². The fourth-order valence-corrected chi connectivity index (χ4v) is 2.41. The summed E-state index contributed by atoms with van der Waals surface area (Å²) < 4.78 is 38.2. The van der Waals surface area contributed by atoms with Crippen LogP contribution in [0.15, 0.2) is 6.07 Å². The number of alkyl halides is 3. The number of hydrogen-bond acceptors (Lipinski definition) is 5. The SMILES string of the molecule is CCN1CCC(CNc2cc(NC)nc(C(F)(F)F)n2)C1. The van der Waals surface area contributed by atoms with Crippen LogP contribution < -0.4 is 10.6 Å². The Bertz CT molecular complexity index is 477. The molecule has 0 aromatic carbocycles. The Morgan fingerprint density at radius 2 is 2.05 bits per heavy atom. The molecule has 8 heteroatoms. The first-order valence-electron chi connectivity index (χ1n) is 7.02. The molecule has 0 amide bonds. The van der Waals surface area contributed by atoms with Gasteiger partial charge < -0.3 is 15.5 Å². The normalized spacial score (nSPS) is 19.8. The minimum atomic E-state index is -4.55. The van der Waals surface area contributed by atoms with Gasteiger partial charge in [0, 0.05) is 26.2 Å². The van der Waals surface area contributed by atoms with Crippen molar-refractivity contribution in [1.82, 2.24) is 14.9 Å². The smallest absolute Gasteiger partial charge is 0.373 e. The summed E-state index contributed by atoms with van der Waals surface area (Å²) in [5.41, 5.74) is 0. The average molecular weight is 303 g/mol. The fraction of sp³-hybridized carbons (Fsp3) is 0.692. The maximum Gasteiger partial charge on any atom is 0.451 e. The van der Waals surface area contributed by atoms with Crippen LogP contribution in [0, 0.1) is 5.92 Å². The van der Waals surface area contributed by atoms with Crippen LogP contribution in [0.2, 0.25) is 0 Å². The van der Waals surface area contributed by atoms with Crippen LogP contribution in [0.4, 0.5) is 24.8 Å². The van der Waals surface area contributed by atoms with Gasteiger partial charge in [0.05, 0.1) is 0 Å². The molecule has 1 atom stereocenters. The third kappa shape index (κ3) is 4.20. The number of likely N-dealkylation sites (tertiary alicyclic amines) is 1. The van der Waals surface area contributed by atoms with Crippen LogP contribution in [0.5, 0.6) is 0 Å². The van der Waals surface area contributed by atoms with Crippen LogP contribution in [-0.4, -0.2) is 48.1 Å². The quantitative estimate of drug-likeness (QED) is 0.874. The van der Waals surface area contributed by atoms with Gasteiger partial charge in [-0.3, -0.25) is 0 Å². The van der Waals surface area contributed by atoms with E-state index >= 15 is 0 Å². The largest absolute Gasteiger partial charge is 0.451 e. The molecule has 0 aliphatic carbocycles. The second kappa shape index (κ2) is 6.46. The Morgan fingerprint density at radius 1 is 1.33 bits per heavy atom. The summed E-state index contributed by atoms with van der Waals surface area (Å²) in [7, 11) is 1.53. The first kappa shape index (κ1) is 15.8. The van der Waals surface area contributed by atoms with Crippen molar-refractivity contribution < 1.29 is 13.2 Å². The highest BCUT2D eigenvalue weighted by Gasteiger charge is 2.35. The Hall–Kier alpha value is -1.57. The second-order valence-corrected chi connectivity index (χ2v) is 5.14. The van der Waals surface area contributed by atoms with E-state index in [1.165, 1.54) is 13.1 Å². The number of anilines is 2. The van der Waals surface area contributed by atoms with Crippen molar-refractivity contribution in [3.05, 3.63) is 11.9 Å². The maximum atomic E-state index is 12.7. The highest BCUT2D eigenvalue weighted by Crippen LogP contribution is 2.28. The number of nitrogens with one attached hydrogen (secondary N) is 2. The van der Waals surface area contributed by atoms with E-state index in [-0.39, 0.29) is 11.6 Å². The van der Waals surface area contributed by atoms with E-state index in [2.05, 4.69) is 32.4 Å². The topological polar surface area (TPSA) is 53.1 Å². The fourth-order valence-electron chi connectivity index (χ4n) is 2.41. The van der Waals surface area contributed by atoms with E-state index in [9.17, 15) is 13.2 Å². The van der Waals surface area contributed by atoms with Crippen LogP contribution >= 0.6 is 0 Å². The van der Waals surface area contributed by atoms with Gasteiger partial charge in [-0.1, -0.05) is 6.92 Å². The van der Waals surface area contributed by atoms with Crippen LogP contribution in [-0.2, 0) is 6.18 Å². The minimum absolute atomic E-state index is 0.154. The third-order valence-corrected chi connectivity index (χ3v) is 3.62. The highest BCUT2D eigenvalue weighted by molar-refractivity contribution is 5.47. The van der Waals surface area contributed by atoms with E-state index < -0.39 is 12.0 Å². The van der Waals surface area contributed by atoms with Crippen LogP contribution in [0.25, 0.3) is 0 Å². The summed E-state index contributed by atoms with van der Waals surface area (Å²) in [5.74, 6) is -0.330. The number of rotatable bonds is 5. The van der Waals surface area contributed by atoms with E-state index in [0.29, 0.717) is 12.5 Å². The summed E-state index contributed by atoms with van der Waals surface area (Å²) >= 11 is 0. The molecule has 0 spiro atoms. The molecule has 1 unspecified atom stereocenters. The molecule has 1 aromatic heterocycles. The monoisotopic (exact) mass is 303 g/mol. The molecule has 5 nitrogen and oxygen atoms in total. The molecule has 1 aliphatic heterocycles. The van der Waals surface area contributed by atoms with Gasteiger partial charge in [0.15, 0.2) is 0 Å². The minimum Gasteiger partial charge on any atom is -0.373 e. The van der Waals surface area contributed by atoms with E-state index in [4.69, 9.17) is 0 Å². The van der Waals surface area contributed by atoms with Gasteiger partial charge in [0.1, 0.15) is 11.6 Å². The average Bonchev–Trinajstić information content (AvgIpc) is 2.92.